The molecule has 0 unspecified atom stereocenters. The highest BCUT2D eigenvalue weighted by Gasteiger charge is 2.29. The zero-order valence-electron chi connectivity index (χ0n) is 13.4. The average molecular weight is 314 g/mol. The highest BCUT2D eigenvalue weighted by atomic mass is 16.5. The predicted molar refractivity (Wildman–Crippen MR) is 89.8 cm³/mol. The van der Waals surface area contributed by atoms with Gasteiger partial charge in [0.25, 0.3) is 0 Å². The lowest BCUT2D eigenvalue weighted by Gasteiger charge is -2.28. The Hall–Kier alpha value is -1.24. The molecule has 0 heterocycles. The van der Waals surface area contributed by atoms with Gasteiger partial charge in [0.05, 0.1) is 58.3 Å². The topological polar surface area (TPSA) is 68.2 Å². The van der Waals surface area contributed by atoms with Crippen LogP contribution in [0.4, 0.5) is 0 Å². The zero-order chi connectivity index (χ0) is 17.1. The Morgan fingerprint density at radius 3 is 1.23 bits per heavy atom. The third-order valence-electron chi connectivity index (χ3n) is 2.43. The molecule has 22 heavy (non-hydrogen) atoms. The van der Waals surface area contributed by atoms with E-state index < -0.39 is 5.41 Å². The normalized spacial score (nSPS) is 10.3. The Labute approximate surface area is 134 Å². The average Bonchev–Trinajstić information content (AvgIpc) is 2.55. The first kappa shape index (κ1) is 23.0. The smallest absolute Gasteiger partial charge is 0.0649 e. The molecule has 0 aliphatic rings. The van der Waals surface area contributed by atoms with Crippen LogP contribution >= 0.6 is 0 Å². The van der Waals surface area contributed by atoms with E-state index in [9.17, 15) is 10.2 Å². The minimum absolute atomic E-state index is 0.183. The van der Waals surface area contributed by atoms with Crippen LogP contribution in [0.15, 0.2) is 50.6 Å². The van der Waals surface area contributed by atoms with Gasteiger partial charge in [-0.2, -0.15) is 0 Å². The first-order valence-electron chi connectivity index (χ1n) is 7.04. The monoisotopic (exact) mass is 314 g/mol. The molecule has 0 amide bonds. The second-order valence-corrected chi connectivity index (χ2v) is 4.54. The largest absolute Gasteiger partial charge is 0.396 e. The summed E-state index contributed by atoms with van der Waals surface area (Å²) in [6.07, 6.45) is 6.65. The quantitative estimate of drug-likeness (QED) is 0.377. The molecule has 0 spiro atoms. The standard InChI is InChI=1S/C11H20O4.C6H10O/c1-3-5-14-9-11(7-12,8-13)10-15-6-4-2;1-3-5-7-6-4-2/h3-4,12-13H,1-2,5-10H2;3-4H,1-2,5-6H2. The maximum absolute atomic E-state index is 9.20. The molecule has 128 valence electrons. The Kier molecular flexibility index (Phi) is 18.6. The van der Waals surface area contributed by atoms with Crippen LogP contribution in [0.3, 0.4) is 0 Å². The fourth-order valence-corrected chi connectivity index (χ4v) is 1.23. The van der Waals surface area contributed by atoms with Crippen LogP contribution in [-0.2, 0) is 14.2 Å². The number of hydrogen-bond donors (Lipinski definition) is 2. The highest BCUT2D eigenvalue weighted by molar-refractivity contribution is 4.79. The van der Waals surface area contributed by atoms with E-state index in [1.165, 1.54) is 0 Å². The van der Waals surface area contributed by atoms with Crippen molar-refractivity contribution >= 4 is 0 Å². The van der Waals surface area contributed by atoms with Crippen LogP contribution in [0.25, 0.3) is 0 Å². The van der Waals surface area contributed by atoms with Crippen LogP contribution in [0.2, 0.25) is 0 Å². The molecule has 0 rings (SSSR count). The van der Waals surface area contributed by atoms with E-state index in [0.717, 1.165) is 0 Å². The first-order chi connectivity index (χ1) is 10.7. The van der Waals surface area contributed by atoms with Crippen LogP contribution in [0, 0.1) is 5.41 Å². The number of ether oxygens (including phenoxy) is 3. The predicted octanol–water partition coefficient (Wildman–Crippen LogP) is 1.74. The summed E-state index contributed by atoms with van der Waals surface area (Å²) in [7, 11) is 0. The summed E-state index contributed by atoms with van der Waals surface area (Å²) in [6, 6.07) is 0. The Morgan fingerprint density at radius 2 is 0.955 bits per heavy atom. The molecule has 0 bridgehead atoms. The van der Waals surface area contributed by atoms with Gasteiger partial charge >= 0.3 is 0 Å². The van der Waals surface area contributed by atoms with Crippen molar-refractivity contribution in [2.45, 2.75) is 0 Å². The second kappa shape index (κ2) is 17.8. The summed E-state index contributed by atoms with van der Waals surface area (Å²) in [5.74, 6) is 0. The van der Waals surface area contributed by atoms with Crippen molar-refractivity contribution in [2.24, 2.45) is 5.41 Å². The summed E-state index contributed by atoms with van der Waals surface area (Å²) in [4.78, 5) is 0. The molecule has 0 radical (unpaired) electrons. The Bertz CT molecular complexity index is 261. The van der Waals surface area contributed by atoms with Gasteiger partial charge in [0.15, 0.2) is 0 Å². The van der Waals surface area contributed by atoms with Crippen molar-refractivity contribution < 1.29 is 24.4 Å². The van der Waals surface area contributed by atoms with Crippen molar-refractivity contribution in [3.05, 3.63) is 50.6 Å². The van der Waals surface area contributed by atoms with Crippen molar-refractivity contribution in [2.75, 3.05) is 52.9 Å². The van der Waals surface area contributed by atoms with E-state index in [1.54, 1.807) is 24.3 Å². The SMILES string of the molecule is C=CCOCC(CO)(CO)COCC=C.C=CCOCC=C. The third kappa shape index (κ3) is 13.7. The lowest BCUT2D eigenvalue weighted by molar-refractivity contribution is -0.0683. The number of aliphatic hydroxyl groups excluding tert-OH is 2. The van der Waals surface area contributed by atoms with E-state index in [2.05, 4.69) is 26.3 Å². The van der Waals surface area contributed by atoms with E-state index in [-0.39, 0.29) is 26.4 Å². The van der Waals surface area contributed by atoms with Gasteiger partial charge in [0.1, 0.15) is 0 Å². The first-order valence-corrected chi connectivity index (χ1v) is 7.04. The number of rotatable bonds is 14. The second-order valence-electron chi connectivity index (χ2n) is 4.54. The molecule has 0 saturated carbocycles. The summed E-state index contributed by atoms with van der Waals surface area (Å²) < 4.78 is 15.3. The minimum atomic E-state index is -0.744. The molecule has 0 aliphatic heterocycles. The van der Waals surface area contributed by atoms with E-state index in [0.29, 0.717) is 26.4 Å². The lowest BCUT2D eigenvalue weighted by Crippen LogP contribution is -2.39. The van der Waals surface area contributed by atoms with Gasteiger partial charge in [-0.05, 0) is 0 Å². The van der Waals surface area contributed by atoms with Crippen molar-refractivity contribution in [1.29, 1.82) is 0 Å². The van der Waals surface area contributed by atoms with Gasteiger partial charge < -0.3 is 24.4 Å². The molecular weight excluding hydrogens is 284 g/mol. The van der Waals surface area contributed by atoms with E-state index in [4.69, 9.17) is 14.2 Å². The lowest BCUT2D eigenvalue weighted by atomic mass is 9.92. The molecular formula is C17H30O5. The number of hydrogen-bond acceptors (Lipinski definition) is 5. The minimum Gasteiger partial charge on any atom is -0.396 e. The molecule has 0 fully saturated rings. The highest BCUT2D eigenvalue weighted by Crippen LogP contribution is 2.16. The molecule has 2 N–H and O–H groups in total. The van der Waals surface area contributed by atoms with Gasteiger partial charge in [0.2, 0.25) is 0 Å². The van der Waals surface area contributed by atoms with Crippen LogP contribution in [-0.4, -0.2) is 63.1 Å². The summed E-state index contributed by atoms with van der Waals surface area (Å²) in [5, 5.41) is 18.4. The maximum Gasteiger partial charge on any atom is 0.0649 e. The summed E-state index contributed by atoms with van der Waals surface area (Å²) >= 11 is 0. The molecule has 0 aromatic carbocycles. The van der Waals surface area contributed by atoms with Crippen LogP contribution < -0.4 is 0 Å². The molecule has 0 aromatic rings. The Balaban J connectivity index is 0. The molecule has 5 nitrogen and oxygen atoms in total. The van der Waals surface area contributed by atoms with Crippen LogP contribution in [0.1, 0.15) is 0 Å². The fraction of sp³-hybridized carbons (Fsp3) is 0.529. The van der Waals surface area contributed by atoms with Gasteiger partial charge in [-0.3, -0.25) is 0 Å². The fourth-order valence-electron chi connectivity index (χ4n) is 1.23. The molecule has 5 heteroatoms. The maximum atomic E-state index is 9.20. The third-order valence-corrected chi connectivity index (χ3v) is 2.43. The zero-order valence-corrected chi connectivity index (χ0v) is 13.4. The van der Waals surface area contributed by atoms with Gasteiger partial charge in [0, 0.05) is 0 Å². The van der Waals surface area contributed by atoms with Gasteiger partial charge in [-0.25, -0.2) is 0 Å². The van der Waals surface area contributed by atoms with Gasteiger partial charge in [-0.1, -0.05) is 24.3 Å². The van der Waals surface area contributed by atoms with Crippen LogP contribution in [0.5, 0.6) is 0 Å². The van der Waals surface area contributed by atoms with E-state index >= 15 is 0 Å². The molecule has 0 aliphatic carbocycles. The number of aliphatic hydroxyl groups is 2. The molecule has 0 aromatic heterocycles. The molecule has 0 atom stereocenters. The van der Waals surface area contributed by atoms with Crippen molar-refractivity contribution in [3.8, 4) is 0 Å². The Morgan fingerprint density at radius 1 is 0.636 bits per heavy atom. The summed E-state index contributed by atoms with van der Waals surface area (Å²) in [5.41, 5.74) is -0.744. The van der Waals surface area contributed by atoms with Crippen molar-refractivity contribution in [3.63, 3.8) is 0 Å². The molecule has 0 saturated heterocycles. The van der Waals surface area contributed by atoms with Crippen molar-refractivity contribution in [1.82, 2.24) is 0 Å². The van der Waals surface area contributed by atoms with Gasteiger partial charge in [-0.15, -0.1) is 26.3 Å². The summed E-state index contributed by atoms with van der Waals surface area (Å²) in [6.45, 7) is 16.1. The van der Waals surface area contributed by atoms with E-state index in [1.807, 2.05) is 0 Å².